The summed E-state index contributed by atoms with van der Waals surface area (Å²) in [4.78, 5) is 44.5. The van der Waals surface area contributed by atoms with E-state index in [0.717, 1.165) is 12.1 Å². The van der Waals surface area contributed by atoms with Crippen molar-refractivity contribution in [1.29, 1.82) is 0 Å². The van der Waals surface area contributed by atoms with E-state index in [2.05, 4.69) is 20.5 Å². The quantitative estimate of drug-likeness (QED) is 0.479. The topological polar surface area (TPSA) is 113 Å². The lowest BCUT2D eigenvalue weighted by molar-refractivity contribution is -0.126. The van der Waals surface area contributed by atoms with Crippen LogP contribution >= 0.6 is 0 Å². The molecule has 1 saturated heterocycles. The molecule has 2 aromatic heterocycles. The zero-order valence-corrected chi connectivity index (χ0v) is 18.3. The number of carbonyl (C=O) groups is 2. The summed E-state index contributed by atoms with van der Waals surface area (Å²) in [6.07, 6.45) is 3.08. The second-order valence-electron chi connectivity index (χ2n) is 8.80. The van der Waals surface area contributed by atoms with Gasteiger partial charge in [0.25, 0.3) is 5.91 Å². The number of likely N-dealkylation sites (tertiary alicyclic amines) is 1. The van der Waals surface area contributed by atoms with Crippen LogP contribution in [0.3, 0.4) is 0 Å². The first kappa shape index (κ1) is 20.3. The summed E-state index contributed by atoms with van der Waals surface area (Å²) in [6, 6.07) is 17.9. The number of fused-ring (bicyclic) bond motifs is 2. The van der Waals surface area contributed by atoms with E-state index < -0.39 is 5.54 Å². The Bertz CT molecular complexity index is 1480. The number of H-pyrrole nitrogens is 1. The van der Waals surface area contributed by atoms with Crippen LogP contribution in [0.25, 0.3) is 16.6 Å². The van der Waals surface area contributed by atoms with Gasteiger partial charge in [0, 0.05) is 29.1 Å². The third-order valence-corrected chi connectivity index (χ3v) is 6.85. The van der Waals surface area contributed by atoms with Gasteiger partial charge in [-0.15, -0.1) is 0 Å². The maximum Gasteiger partial charge on any atom is 0.255 e. The van der Waals surface area contributed by atoms with Gasteiger partial charge < -0.3 is 15.2 Å². The molecule has 4 aromatic rings. The zero-order valence-electron chi connectivity index (χ0n) is 18.3. The molecule has 1 aliphatic carbocycles. The summed E-state index contributed by atoms with van der Waals surface area (Å²) in [5, 5.41) is 12.4. The van der Waals surface area contributed by atoms with Crippen LogP contribution in [0.1, 0.15) is 28.9 Å². The highest BCUT2D eigenvalue weighted by molar-refractivity contribution is 6.09. The summed E-state index contributed by atoms with van der Waals surface area (Å²) in [5.74, 6) is -0.194. The molecule has 1 aliphatic heterocycles. The Kier molecular flexibility index (Phi) is 4.58. The Morgan fingerprint density at radius 3 is 2.76 bits per heavy atom. The Morgan fingerprint density at radius 2 is 1.94 bits per heavy atom. The van der Waals surface area contributed by atoms with Crippen LogP contribution in [0, 0.1) is 5.92 Å². The monoisotopic (exact) mass is 454 g/mol. The molecule has 6 rings (SSSR count). The lowest BCUT2D eigenvalue weighted by Crippen LogP contribution is -2.50. The molecule has 0 bridgehead atoms. The number of nitrogens with one attached hydrogen (secondary N) is 2. The van der Waals surface area contributed by atoms with Crippen LogP contribution in [0.4, 0.5) is 0 Å². The molecule has 2 unspecified atom stereocenters. The maximum absolute atomic E-state index is 13.6. The Hall–Kier alpha value is -4.27. The van der Waals surface area contributed by atoms with E-state index in [1.54, 1.807) is 35.4 Å². The van der Waals surface area contributed by atoms with E-state index >= 15 is 0 Å². The average molecular weight is 454 g/mol. The molecule has 2 aromatic carbocycles. The standard InChI is InChI=1S/C25H22N6O3/c32-22-10-9-19-20(7-4-8-21(19)28-22)23(33)30-12-11-16-13-25(16,30)24(34)26-14-17-15-27-31(29-17)18-5-2-1-3-6-18/h1-10,15-16H,11-14H2,(H,26,34)(H,28,32). The normalized spacial score (nSPS) is 20.8. The van der Waals surface area contributed by atoms with Crippen molar-refractivity contribution in [2.75, 3.05) is 6.54 Å². The lowest BCUT2D eigenvalue weighted by Gasteiger charge is -2.28. The van der Waals surface area contributed by atoms with Gasteiger partial charge in [-0.05, 0) is 49.1 Å². The summed E-state index contributed by atoms with van der Waals surface area (Å²) < 4.78 is 0. The van der Waals surface area contributed by atoms with Gasteiger partial charge in [-0.1, -0.05) is 24.3 Å². The molecule has 2 amide bonds. The Balaban J connectivity index is 1.21. The van der Waals surface area contributed by atoms with Gasteiger partial charge in [-0.3, -0.25) is 14.4 Å². The number of aromatic nitrogens is 4. The fourth-order valence-corrected chi connectivity index (χ4v) is 5.06. The van der Waals surface area contributed by atoms with E-state index in [1.165, 1.54) is 10.9 Å². The highest BCUT2D eigenvalue weighted by Gasteiger charge is 2.68. The first-order chi connectivity index (χ1) is 16.6. The summed E-state index contributed by atoms with van der Waals surface area (Å²) >= 11 is 0. The number of pyridine rings is 1. The lowest BCUT2D eigenvalue weighted by atomic mass is 10.1. The Morgan fingerprint density at radius 1 is 1.09 bits per heavy atom. The highest BCUT2D eigenvalue weighted by Crippen LogP contribution is 2.56. The third kappa shape index (κ3) is 3.20. The number of nitrogens with zero attached hydrogens (tertiary/aromatic N) is 4. The first-order valence-electron chi connectivity index (χ1n) is 11.3. The van der Waals surface area contributed by atoms with Gasteiger partial charge in [-0.25, -0.2) is 0 Å². The number of amides is 2. The SMILES string of the molecule is O=C(c1cccc2[nH]c(=O)ccc12)N1CCC2CC21C(=O)NCc1cnn(-c2ccccc2)n1. The summed E-state index contributed by atoms with van der Waals surface area (Å²) in [5.41, 5.74) is 1.52. The summed E-state index contributed by atoms with van der Waals surface area (Å²) in [6.45, 7) is 0.762. The number of carbonyl (C=O) groups excluding carboxylic acids is 2. The molecular weight excluding hydrogens is 432 g/mol. The number of para-hydroxylation sites is 1. The van der Waals surface area contributed by atoms with E-state index in [1.807, 2.05) is 30.3 Å². The summed E-state index contributed by atoms with van der Waals surface area (Å²) in [7, 11) is 0. The second kappa shape index (κ2) is 7.65. The van der Waals surface area contributed by atoms with Crippen LogP contribution in [-0.2, 0) is 11.3 Å². The van der Waals surface area contributed by atoms with Crippen molar-refractivity contribution in [3.8, 4) is 5.69 Å². The third-order valence-electron chi connectivity index (χ3n) is 6.85. The molecule has 170 valence electrons. The molecule has 9 heteroatoms. The number of benzene rings is 2. The molecule has 2 fully saturated rings. The molecule has 3 heterocycles. The molecule has 2 N–H and O–H groups in total. The van der Waals surface area contributed by atoms with Gasteiger partial charge in [-0.2, -0.15) is 15.0 Å². The first-order valence-corrected chi connectivity index (χ1v) is 11.3. The van der Waals surface area contributed by atoms with Crippen molar-refractivity contribution in [2.24, 2.45) is 5.92 Å². The minimum atomic E-state index is -0.823. The molecule has 1 saturated carbocycles. The van der Waals surface area contributed by atoms with Gasteiger partial charge in [0.15, 0.2) is 0 Å². The van der Waals surface area contributed by atoms with Gasteiger partial charge in [0.05, 0.1) is 18.4 Å². The van der Waals surface area contributed by atoms with E-state index in [-0.39, 0.29) is 29.8 Å². The van der Waals surface area contributed by atoms with E-state index in [0.29, 0.717) is 35.1 Å². The smallest absolute Gasteiger partial charge is 0.255 e. The van der Waals surface area contributed by atoms with E-state index in [4.69, 9.17) is 0 Å². The highest BCUT2D eigenvalue weighted by atomic mass is 16.2. The van der Waals surface area contributed by atoms with E-state index in [9.17, 15) is 14.4 Å². The van der Waals surface area contributed by atoms with Crippen LogP contribution in [0.5, 0.6) is 0 Å². The predicted octanol–water partition coefficient (Wildman–Crippen LogP) is 2.03. The van der Waals surface area contributed by atoms with Gasteiger partial charge in [0.1, 0.15) is 11.2 Å². The van der Waals surface area contributed by atoms with Crippen molar-refractivity contribution < 1.29 is 9.59 Å². The molecular formula is C25H22N6O3. The van der Waals surface area contributed by atoms with Crippen LogP contribution in [0.15, 0.2) is 71.7 Å². The molecule has 0 radical (unpaired) electrons. The average Bonchev–Trinajstić information content (AvgIpc) is 3.22. The number of aromatic amines is 1. The van der Waals surface area contributed by atoms with Crippen LogP contribution < -0.4 is 10.9 Å². The second-order valence-corrected chi connectivity index (χ2v) is 8.80. The number of piperidine rings is 1. The van der Waals surface area contributed by atoms with Crippen LogP contribution in [0.2, 0.25) is 0 Å². The van der Waals surface area contributed by atoms with Crippen molar-refractivity contribution in [3.63, 3.8) is 0 Å². The van der Waals surface area contributed by atoms with Crippen molar-refractivity contribution in [1.82, 2.24) is 30.2 Å². The molecule has 2 aliphatic rings. The van der Waals surface area contributed by atoms with Gasteiger partial charge >= 0.3 is 0 Å². The largest absolute Gasteiger partial charge is 0.348 e. The van der Waals surface area contributed by atoms with Gasteiger partial charge in [0.2, 0.25) is 11.5 Å². The van der Waals surface area contributed by atoms with Crippen LogP contribution in [-0.4, -0.2) is 48.8 Å². The minimum absolute atomic E-state index is 0.159. The number of hydrogen-bond acceptors (Lipinski definition) is 5. The number of rotatable bonds is 5. The number of hydrogen-bond donors (Lipinski definition) is 2. The fraction of sp³-hybridized carbons (Fsp3) is 0.240. The molecule has 0 spiro atoms. The minimum Gasteiger partial charge on any atom is -0.348 e. The maximum atomic E-state index is 13.6. The zero-order chi connectivity index (χ0) is 23.3. The van der Waals surface area contributed by atoms with Crippen molar-refractivity contribution >= 4 is 22.7 Å². The molecule has 9 nitrogen and oxygen atoms in total. The van der Waals surface area contributed by atoms with Crippen molar-refractivity contribution in [3.05, 3.63) is 88.5 Å². The Labute approximate surface area is 194 Å². The predicted molar refractivity (Wildman–Crippen MR) is 124 cm³/mol. The van der Waals surface area contributed by atoms with Crippen molar-refractivity contribution in [2.45, 2.75) is 24.9 Å². The molecule has 2 atom stereocenters. The fourth-order valence-electron chi connectivity index (χ4n) is 5.06. The molecule has 34 heavy (non-hydrogen) atoms.